The number of carbonyl (C=O) groups is 1. The molecule has 0 bridgehead atoms. The summed E-state index contributed by atoms with van der Waals surface area (Å²) in [5.41, 5.74) is 0. The Balaban J connectivity index is 4.12. The third kappa shape index (κ3) is 5.36. The van der Waals surface area contributed by atoms with Gasteiger partial charge in [-0.15, -0.1) is 0 Å². The zero-order valence-electron chi connectivity index (χ0n) is 9.46. The average Bonchev–Trinajstić information content (AvgIpc) is 2.04. The van der Waals surface area contributed by atoms with Gasteiger partial charge >= 0.3 is 8.80 Å². The van der Waals surface area contributed by atoms with Crippen LogP contribution in [0.25, 0.3) is 0 Å². The summed E-state index contributed by atoms with van der Waals surface area (Å²) in [6, 6.07) is 0. The number of hydrogen-bond acceptors (Lipinski definition) is 4. The summed E-state index contributed by atoms with van der Waals surface area (Å²) in [7, 11) is -2.70. The van der Waals surface area contributed by atoms with Crippen molar-refractivity contribution < 1.29 is 18.1 Å². The van der Waals surface area contributed by atoms with Gasteiger partial charge in [0.05, 0.1) is 0 Å². The van der Waals surface area contributed by atoms with Crippen molar-refractivity contribution in [3.05, 3.63) is 0 Å². The largest absolute Gasteiger partial charge is 0.564 e. The Morgan fingerprint density at radius 1 is 1.14 bits per heavy atom. The molecule has 0 aliphatic rings. The maximum Gasteiger partial charge on any atom is 0.564 e. The molecule has 0 N–H and O–H groups in total. The molecule has 14 heavy (non-hydrogen) atoms. The van der Waals surface area contributed by atoms with Crippen molar-refractivity contribution in [2.24, 2.45) is 0 Å². The molecule has 0 aromatic heterocycles. The van der Waals surface area contributed by atoms with Crippen molar-refractivity contribution in [2.75, 3.05) is 13.2 Å². The van der Waals surface area contributed by atoms with Crippen LogP contribution in [0.1, 0.15) is 33.6 Å². The first-order valence-corrected chi connectivity index (χ1v) is 7.30. The summed E-state index contributed by atoms with van der Waals surface area (Å²) in [6.45, 7) is 8.40. The maximum atomic E-state index is 11.3. The normalized spacial score (nSPS) is 11.4. The van der Waals surface area contributed by atoms with Gasteiger partial charge in [-0.25, -0.2) is 0 Å². The minimum atomic E-state index is -2.70. The van der Waals surface area contributed by atoms with Gasteiger partial charge in [0.15, 0.2) is 0 Å². The molecule has 0 saturated carbocycles. The summed E-state index contributed by atoms with van der Waals surface area (Å²) in [5.74, 6) is -0.233. The van der Waals surface area contributed by atoms with Crippen molar-refractivity contribution in [2.45, 2.75) is 40.2 Å². The molecule has 0 aromatic rings. The summed E-state index contributed by atoms with van der Waals surface area (Å²) < 4.78 is 15.9. The first-order valence-electron chi connectivity index (χ1n) is 5.07. The second kappa shape index (κ2) is 6.97. The standard InChI is InChI=1S/C9H20O4Si/c1-5-8-9(10)13-14(4,11-6-2)12-7-3/h5-8H2,1-4H3. The highest BCUT2D eigenvalue weighted by Gasteiger charge is 2.38. The van der Waals surface area contributed by atoms with Crippen LogP contribution in [0.15, 0.2) is 0 Å². The smallest absolute Gasteiger partial charge is 0.473 e. The SMILES string of the molecule is CCCC(=O)O[Si](C)(OCC)OCC. The number of hydrogen-bond donors (Lipinski definition) is 0. The molecular weight excluding hydrogens is 200 g/mol. The highest BCUT2D eigenvalue weighted by molar-refractivity contribution is 6.60. The van der Waals surface area contributed by atoms with Crippen molar-refractivity contribution in [1.82, 2.24) is 0 Å². The topological polar surface area (TPSA) is 44.8 Å². The van der Waals surface area contributed by atoms with Crippen LogP contribution in [-0.2, 0) is 18.1 Å². The molecular formula is C9H20O4Si. The zero-order chi connectivity index (χ0) is 11.0. The Labute approximate surface area is 86.9 Å². The van der Waals surface area contributed by atoms with Gasteiger partial charge in [0.2, 0.25) is 0 Å². The minimum Gasteiger partial charge on any atom is -0.473 e. The number of carbonyl (C=O) groups excluding carboxylic acids is 1. The molecule has 0 heterocycles. The zero-order valence-corrected chi connectivity index (χ0v) is 10.5. The van der Waals surface area contributed by atoms with Gasteiger partial charge in [-0.2, -0.15) is 0 Å². The van der Waals surface area contributed by atoms with E-state index < -0.39 is 8.80 Å². The van der Waals surface area contributed by atoms with Crippen LogP contribution in [0.5, 0.6) is 0 Å². The van der Waals surface area contributed by atoms with Crippen molar-refractivity contribution in [3.8, 4) is 0 Å². The van der Waals surface area contributed by atoms with Crippen LogP contribution in [0.2, 0.25) is 6.55 Å². The first kappa shape index (κ1) is 13.6. The minimum absolute atomic E-state index is 0.233. The second-order valence-electron chi connectivity index (χ2n) is 2.95. The molecule has 0 aromatic carbocycles. The molecule has 0 rings (SSSR count). The molecule has 0 amide bonds. The summed E-state index contributed by atoms with van der Waals surface area (Å²) in [6.07, 6.45) is 1.20. The average molecular weight is 220 g/mol. The Morgan fingerprint density at radius 3 is 2.00 bits per heavy atom. The monoisotopic (exact) mass is 220 g/mol. The highest BCUT2D eigenvalue weighted by Crippen LogP contribution is 2.10. The van der Waals surface area contributed by atoms with Crippen molar-refractivity contribution in [3.63, 3.8) is 0 Å². The first-order chi connectivity index (χ1) is 6.58. The molecule has 0 fully saturated rings. The van der Waals surface area contributed by atoms with Crippen molar-refractivity contribution in [1.29, 1.82) is 0 Å². The van der Waals surface area contributed by atoms with Crippen LogP contribution in [0.3, 0.4) is 0 Å². The van der Waals surface area contributed by atoms with Gasteiger partial charge in [-0.1, -0.05) is 6.92 Å². The van der Waals surface area contributed by atoms with Crippen LogP contribution in [-0.4, -0.2) is 28.0 Å². The van der Waals surface area contributed by atoms with E-state index in [-0.39, 0.29) is 5.97 Å². The van der Waals surface area contributed by atoms with Gasteiger partial charge in [0.25, 0.3) is 5.97 Å². The third-order valence-electron chi connectivity index (χ3n) is 1.57. The van der Waals surface area contributed by atoms with Gasteiger partial charge in [0.1, 0.15) is 0 Å². The molecule has 4 nitrogen and oxygen atoms in total. The lowest BCUT2D eigenvalue weighted by Gasteiger charge is -2.24. The fraction of sp³-hybridized carbons (Fsp3) is 0.889. The van der Waals surface area contributed by atoms with E-state index in [9.17, 15) is 4.79 Å². The Hall–Kier alpha value is -0.393. The lowest BCUT2D eigenvalue weighted by Crippen LogP contribution is -2.44. The quantitative estimate of drug-likeness (QED) is 0.615. The third-order valence-corrected chi connectivity index (χ3v) is 3.79. The van der Waals surface area contributed by atoms with E-state index in [4.69, 9.17) is 13.3 Å². The van der Waals surface area contributed by atoms with Gasteiger partial charge < -0.3 is 13.3 Å². The highest BCUT2D eigenvalue weighted by atomic mass is 28.4. The van der Waals surface area contributed by atoms with Crippen LogP contribution in [0.4, 0.5) is 0 Å². The molecule has 0 spiro atoms. The van der Waals surface area contributed by atoms with E-state index in [1.54, 1.807) is 6.55 Å². The summed E-state index contributed by atoms with van der Waals surface area (Å²) in [4.78, 5) is 11.3. The molecule has 0 aliphatic heterocycles. The van der Waals surface area contributed by atoms with E-state index in [0.717, 1.165) is 6.42 Å². The Bertz CT molecular complexity index is 166. The van der Waals surface area contributed by atoms with Gasteiger partial charge in [-0.05, 0) is 20.3 Å². The van der Waals surface area contributed by atoms with Gasteiger partial charge in [0, 0.05) is 26.2 Å². The fourth-order valence-corrected chi connectivity index (χ4v) is 2.85. The molecule has 0 atom stereocenters. The van der Waals surface area contributed by atoms with E-state index in [1.807, 2.05) is 20.8 Å². The Kier molecular flexibility index (Phi) is 6.78. The molecule has 0 radical (unpaired) electrons. The van der Waals surface area contributed by atoms with Gasteiger partial charge in [-0.3, -0.25) is 4.79 Å². The number of rotatable bonds is 7. The molecule has 0 saturated heterocycles. The molecule has 5 heteroatoms. The van der Waals surface area contributed by atoms with E-state index in [1.165, 1.54) is 0 Å². The lowest BCUT2D eigenvalue weighted by molar-refractivity contribution is -0.139. The van der Waals surface area contributed by atoms with Crippen LogP contribution < -0.4 is 0 Å². The second-order valence-corrected chi connectivity index (χ2v) is 5.46. The van der Waals surface area contributed by atoms with E-state index in [0.29, 0.717) is 19.6 Å². The molecule has 84 valence electrons. The fourth-order valence-electron chi connectivity index (χ4n) is 1.09. The van der Waals surface area contributed by atoms with E-state index in [2.05, 4.69) is 0 Å². The van der Waals surface area contributed by atoms with E-state index >= 15 is 0 Å². The predicted molar refractivity (Wildman–Crippen MR) is 55.9 cm³/mol. The van der Waals surface area contributed by atoms with Crippen molar-refractivity contribution >= 4 is 14.8 Å². The summed E-state index contributed by atoms with van der Waals surface area (Å²) in [5, 5.41) is 0. The molecule has 0 unspecified atom stereocenters. The molecule has 0 aliphatic carbocycles. The predicted octanol–water partition coefficient (Wildman–Crippen LogP) is 1.97. The van der Waals surface area contributed by atoms with Crippen LogP contribution in [0, 0.1) is 0 Å². The lowest BCUT2D eigenvalue weighted by atomic mass is 10.4. The Morgan fingerprint density at radius 2 is 1.64 bits per heavy atom. The van der Waals surface area contributed by atoms with Crippen LogP contribution >= 0.6 is 0 Å². The maximum absolute atomic E-state index is 11.3. The summed E-state index contributed by atoms with van der Waals surface area (Å²) >= 11 is 0.